The van der Waals surface area contributed by atoms with Crippen molar-refractivity contribution in [1.29, 1.82) is 0 Å². The summed E-state index contributed by atoms with van der Waals surface area (Å²) in [5.74, 6) is 1.36. The summed E-state index contributed by atoms with van der Waals surface area (Å²) in [4.78, 5) is 23.7. The van der Waals surface area contributed by atoms with E-state index in [-0.39, 0.29) is 11.9 Å². The fraction of sp³-hybridized carbons (Fsp3) is 0.931. The first-order chi connectivity index (χ1) is 16.6. The normalized spacial score (nSPS) is 12.9. The minimum absolute atomic E-state index is 0.0558. The number of unbranched alkanes of at least 4 members (excludes halogenated alkanes) is 6. The molecule has 0 radical (unpaired) electrons. The Hall–Kier alpha value is -1.10. The van der Waals surface area contributed by atoms with Crippen LogP contribution < -0.4 is 5.32 Å². The van der Waals surface area contributed by atoms with Gasteiger partial charge in [-0.05, 0) is 56.9 Å². The lowest BCUT2D eigenvalue weighted by Crippen LogP contribution is -2.25. The molecular formula is C29H57NO4. The van der Waals surface area contributed by atoms with E-state index in [0.717, 1.165) is 51.0 Å². The molecule has 0 heterocycles. The van der Waals surface area contributed by atoms with Crippen molar-refractivity contribution in [3.8, 4) is 0 Å². The number of carbonyl (C=O) groups excluding carboxylic acids is 2. The maximum absolute atomic E-state index is 11.9. The molecule has 2 unspecified atom stereocenters. The maximum Gasteiger partial charge on any atom is 0.307 e. The van der Waals surface area contributed by atoms with E-state index in [1.165, 1.54) is 57.8 Å². The molecule has 0 aliphatic rings. The quantitative estimate of drug-likeness (QED) is 0.107. The van der Waals surface area contributed by atoms with Crippen LogP contribution in [0.3, 0.4) is 0 Å². The lowest BCUT2D eigenvalue weighted by molar-refractivity contribution is -0.145. The minimum Gasteiger partial charge on any atom is -0.466 e. The van der Waals surface area contributed by atoms with Gasteiger partial charge in [0.1, 0.15) is 0 Å². The maximum atomic E-state index is 11.9. The van der Waals surface area contributed by atoms with E-state index < -0.39 is 0 Å². The van der Waals surface area contributed by atoms with E-state index in [1.807, 2.05) is 0 Å². The van der Waals surface area contributed by atoms with Crippen LogP contribution >= 0.6 is 0 Å². The van der Waals surface area contributed by atoms with Gasteiger partial charge in [0.25, 0.3) is 0 Å². The molecule has 0 aliphatic carbocycles. The summed E-state index contributed by atoms with van der Waals surface area (Å²) in [6, 6.07) is 0. The topological polar surface area (TPSA) is 64.6 Å². The molecule has 2 atom stereocenters. The second-order valence-corrected chi connectivity index (χ2v) is 9.89. The smallest absolute Gasteiger partial charge is 0.307 e. The number of hydrogen-bond donors (Lipinski definition) is 1. The lowest BCUT2D eigenvalue weighted by atomic mass is 9.93. The molecule has 0 aromatic rings. The number of nitrogens with one attached hydrogen (secondary N) is 1. The Balaban J connectivity index is 3.48. The fourth-order valence-corrected chi connectivity index (χ4v) is 4.26. The monoisotopic (exact) mass is 483 g/mol. The van der Waals surface area contributed by atoms with Crippen molar-refractivity contribution in [2.24, 2.45) is 11.8 Å². The highest BCUT2D eigenvalue weighted by Gasteiger charge is 2.08. The van der Waals surface area contributed by atoms with Gasteiger partial charge in [0.15, 0.2) is 0 Å². The molecule has 0 aliphatic heterocycles. The first kappa shape index (κ1) is 32.9. The van der Waals surface area contributed by atoms with Gasteiger partial charge in [-0.15, -0.1) is 0 Å². The summed E-state index contributed by atoms with van der Waals surface area (Å²) < 4.78 is 10.7. The van der Waals surface area contributed by atoms with Crippen molar-refractivity contribution in [2.75, 3.05) is 26.3 Å². The van der Waals surface area contributed by atoms with E-state index in [0.29, 0.717) is 38.5 Å². The van der Waals surface area contributed by atoms with Gasteiger partial charge in [-0.25, -0.2) is 0 Å². The van der Waals surface area contributed by atoms with Gasteiger partial charge < -0.3 is 14.8 Å². The predicted octanol–water partition coefficient (Wildman–Crippen LogP) is 7.61. The molecule has 0 spiro atoms. The zero-order chi connectivity index (χ0) is 25.3. The van der Waals surface area contributed by atoms with Crippen molar-refractivity contribution < 1.29 is 19.1 Å². The van der Waals surface area contributed by atoms with Gasteiger partial charge in [0, 0.05) is 13.0 Å². The average Bonchev–Trinajstić information content (AvgIpc) is 2.84. The number of ether oxygens (including phenoxy) is 2. The molecule has 202 valence electrons. The second-order valence-electron chi connectivity index (χ2n) is 9.89. The molecule has 0 amide bonds. The van der Waals surface area contributed by atoms with Gasteiger partial charge in [0.05, 0.1) is 19.6 Å². The molecule has 0 aromatic heterocycles. The summed E-state index contributed by atoms with van der Waals surface area (Å²) in [5.41, 5.74) is 0. The Morgan fingerprint density at radius 3 is 1.71 bits per heavy atom. The molecule has 0 fully saturated rings. The van der Waals surface area contributed by atoms with Crippen LogP contribution in [0, 0.1) is 11.8 Å². The summed E-state index contributed by atoms with van der Waals surface area (Å²) >= 11 is 0. The molecule has 0 saturated heterocycles. The standard InChI is InChI=1S/C29H57NO4/c1-5-9-17-26(7-3)19-13-14-20-28(31)33-23-15-11-12-16-24-34-29(32)21-22-30-25-27(8-4)18-10-6-2/h26-27,30H,5-25H2,1-4H3. The average molecular weight is 484 g/mol. The predicted molar refractivity (Wildman–Crippen MR) is 143 cm³/mol. The molecule has 1 N–H and O–H groups in total. The molecule has 0 aromatic carbocycles. The third kappa shape index (κ3) is 21.4. The van der Waals surface area contributed by atoms with Crippen molar-refractivity contribution in [3.63, 3.8) is 0 Å². The summed E-state index contributed by atoms with van der Waals surface area (Å²) in [6.45, 7) is 11.7. The Labute approximate surface area is 211 Å². The summed E-state index contributed by atoms with van der Waals surface area (Å²) in [6.07, 6.45) is 18.2. The highest BCUT2D eigenvalue weighted by atomic mass is 16.5. The van der Waals surface area contributed by atoms with Crippen LogP contribution in [0.4, 0.5) is 0 Å². The third-order valence-electron chi connectivity index (χ3n) is 6.83. The lowest BCUT2D eigenvalue weighted by Gasteiger charge is -2.15. The molecule has 5 nitrogen and oxygen atoms in total. The largest absolute Gasteiger partial charge is 0.466 e. The van der Waals surface area contributed by atoms with Gasteiger partial charge in [-0.2, -0.15) is 0 Å². The highest BCUT2D eigenvalue weighted by molar-refractivity contribution is 5.69. The Morgan fingerprint density at radius 2 is 1.15 bits per heavy atom. The fourth-order valence-electron chi connectivity index (χ4n) is 4.26. The van der Waals surface area contributed by atoms with E-state index in [4.69, 9.17) is 9.47 Å². The number of rotatable bonds is 25. The van der Waals surface area contributed by atoms with Crippen LogP contribution in [0.25, 0.3) is 0 Å². The summed E-state index contributed by atoms with van der Waals surface area (Å²) in [5, 5.41) is 3.40. The van der Waals surface area contributed by atoms with E-state index in [1.54, 1.807) is 0 Å². The molecule has 0 saturated carbocycles. The van der Waals surface area contributed by atoms with Crippen molar-refractivity contribution in [3.05, 3.63) is 0 Å². The van der Waals surface area contributed by atoms with Crippen molar-refractivity contribution >= 4 is 11.9 Å². The number of esters is 2. The van der Waals surface area contributed by atoms with Crippen LogP contribution in [0.15, 0.2) is 0 Å². The first-order valence-corrected chi connectivity index (χ1v) is 14.6. The van der Waals surface area contributed by atoms with Crippen LogP contribution in [0.2, 0.25) is 0 Å². The van der Waals surface area contributed by atoms with Crippen LogP contribution in [-0.4, -0.2) is 38.2 Å². The van der Waals surface area contributed by atoms with E-state index in [9.17, 15) is 9.59 Å². The Bertz CT molecular complexity index is 427. The Morgan fingerprint density at radius 1 is 0.618 bits per heavy atom. The van der Waals surface area contributed by atoms with Crippen molar-refractivity contribution in [2.45, 2.75) is 137 Å². The zero-order valence-electron chi connectivity index (χ0n) is 23.1. The van der Waals surface area contributed by atoms with Crippen LogP contribution in [0.1, 0.15) is 137 Å². The van der Waals surface area contributed by atoms with Crippen molar-refractivity contribution in [1.82, 2.24) is 5.32 Å². The third-order valence-corrected chi connectivity index (χ3v) is 6.83. The first-order valence-electron chi connectivity index (χ1n) is 14.6. The van der Waals surface area contributed by atoms with Crippen LogP contribution in [0.5, 0.6) is 0 Å². The SMILES string of the molecule is CCCCC(CC)CCCCC(=O)OCCCCCCOC(=O)CCNCC(CC)CCCC. The zero-order valence-corrected chi connectivity index (χ0v) is 23.1. The van der Waals surface area contributed by atoms with Crippen LogP contribution in [-0.2, 0) is 19.1 Å². The minimum atomic E-state index is -0.112. The van der Waals surface area contributed by atoms with Gasteiger partial charge in [-0.1, -0.05) is 85.5 Å². The molecule has 5 heteroatoms. The second kappa shape index (κ2) is 25.0. The Kier molecular flexibility index (Phi) is 24.2. The highest BCUT2D eigenvalue weighted by Crippen LogP contribution is 2.20. The van der Waals surface area contributed by atoms with E-state index >= 15 is 0 Å². The number of carbonyl (C=O) groups is 2. The molecule has 0 rings (SSSR count). The molecular weight excluding hydrogens is 426 g/mol. The van der Waals surface area contributed by atoms with E-state index in [2.05, 4.69) is 33.0 Å². The van der Waals surface area contributed by atoms with Gasteiger partial charge in [-0.3, -0.25) is 9.59 Å². The van der Waals surface area contributed by atoms with Gasteiger partial charge in [0.2, 0.25) is 0 Å². The molecule has 34 heavy (non-hydrogen) atoms. The van der Waals surface area contributed by atoms with Gasteiger partial charge >= 0.3 is 11.9 Å². The summed E-state index contributed by atoms with van der Waals surface area (Å²) in [7, 11) is 0. The number of hydrogen-bond acceptors (Lipinski definition) is 5. The molecule has 0 bridgehead atoms.